The average Bonchev–Trinajstić information content (AvgIpc) is 2.68. The van der Waals surface area contributed by atoms with Crippen LogP contribution < -0.4 is 20.7 Å². The Morgan fingerprint density at radius 2 is 1.74 bits per heavy atom. The monoisotopic (exact) mass is 482 g/mol. The van der Waals surface area contributed by atoms with Crippen molar-refractivity contribution in [1.29, 1.82) is 0 Å². The zero-order chi connectivity index (χ0) is 18.8. The van der Waals surface area contributed by atoms with E-state index in [-0.39, 0.29) is 29.9 Å². The summed E-state index contributed by atoms with van der Waals surface area (Å²) < 4.78 is 5.41. The first kappa shape index (κ1) is 22.8. The number of benzene rings is 2. The van der Waals surface area contributed by atoms with Crippen molar-refractivity contribution in [2.24, 2.45) is 4.99 Å². The molecule has 0 heterocycles. The number of aliphatic imine (C=N–C) groups is 1. The lowest BCUT2D eigenvalue weighted by molar-refractivity contribution is 0.0954. The van der Waals surface area contributed by atoms with Gasteiger partial charge in [0.15, 0.2) is 5.96 Å². The third-order valence-corrected chi connectivity index (χ3v) is 3.85. The van der Waals surface area contributed by atoms with E-state index >= 15 is 0 Å². The maximum absolute atomic E-state index is 12.0. The maximum atomic E-state index is 12.0. The zero-order valence-electron chi connectivity index (χ0n) is 15.9. The van der Waals surface area contributed by atoms with E-state index in [0.717, 1.165) is 16.9 Å². The molecule has 0 aliphatic rings. The second kappa shape index (κ2) is 12.2. The zero-order valence-corrected chi connectivity index (χ0v) is 18.2. The number of ether oxygens (including phenoxy) is 1. The molecule has 6 nitrogen and oxygen atoms in total. The van der Waals surface area contributed by atoms with Crippen LogP contribution in [0.15, 0.2) is 53.5 Å². The molecule has 0 unspecified atom stereocenters. The highest BCUT2D eigenvalue weighted by Crippen LogP contribution is 2.19. The highest BCUT2D eigenvalue weighted by atomic mass is 127. The van der Waals surface area contributed by atoms with E-state index in [1.807, 2.05) is 37.3 Å². The Hall–Kier alpha value is -2.29. The van der Waals surface area contributed by atoms with Crippen molar-refractivity contribution >= 4 is 35.8 Å². The number of hydrogen-bond acceptors (Lipinski definition) is 3. The Labute approximate surface area is 177 Å². The first-order chi connectivity index (χ1) is 12.6. The predicted molar refractivity (Wildman–Crippen MR) is 120 cm³/mol. The third-order valence-electron chi connectivity index (χ3n) is 3.85. The molecule has 1 amide bonds. The molecule has 0 radical (unpaired) electrons. The molecule has 2 aromatic rings. The maximum Gasteiger partial charge on any atom is 0.251 e. The normalized spacial score (nSPS) is 10.6. The van der Waals surface area contributed by atoms with Crippen LogP contribution in [0.1, 0.15) is 21.5 Å². The van der Waals surface area contributed by atoms with Gasteiger partial charge in [0.25, 0.3) is 5.91 Å². The van der Waals surface area contributed by atoms with Gasteiger partial charge in [-0.3, -0.25) is 9.79 Å². The van der Waals surface area contributed by atoms with Crippen LogP contribution in [0.25, 0.3) is 0 Å². The van der Waals surface area contributed by atoms with Gasteiger partial charge in [-0.15, -0.1) is 24.0 Å². The third kappa shape index (κ3) is 7.46. The number of amides is 1. The van der Waals surface area contributed by atoms with Crippen molar-refractivity contribution in [2.45, 2.75) is 13.5 Å². The van der Waals surface area contributed by atoms with Gasteiger partial charge in [0.1, 0.15) is 5.75 Å². The van der Waals surface area contributed by atoms with Gasteiger partial charge in [-0.05, 0) is 30.7 Å². The number of hydrogen-bond donors (Lipinski definition) is 3. The molecule has 0 spiro atoms. The van der Waals surface area contributed by atoms with Gasteiger partial charge < -0.3 is 20.7 Å². The Kier molecular flexibility index (Phi) is 10.2. The number of aryl methyl sites for hydroxylation is 1. The minimum absolute atomic E-state index is 0. The van der Waals surface area contributed by atoms with E-state index in [1.165, 1.54) is 0 Å². The van der Waals surface area contributed by atoms with Crippen LogP contribution in [0.5, 0.6) is 5.75 Å². The molecule has 2 aromatic carbocycles. The summed E-state index contributed by atoms with van der Waals surface area (Å²) >= 11 is 0. The number of halogens is 1. The molecule has 2 rings (SSSR count). The smallest absolute Gasteiger partial charge is 0.251 e. The second-order valence-corrected chi connectivity index (χ2v) is 5.79. The SMILES string of the molecule is CN=C(NCCNC(=O)c1ccccc1)NCc1ccc(C)cc1OC.I. The Balaban J connectivity index is 0.00000364. The Morgan fingerprint density at radius 1 is 1.04 bits per heavy atom. The number of carbonyl (C=O) groups is 1. The summed E-state index contributed by atoms with van der Waals surface area (Å²) in [6.07, 6.45) is 0. The lowest BCUT2D eigenvalue weighted by Gasteiger charge is -2.14. The van der Waals surface area contributed by atoms with Crippen molar-refractivity contribution < 1.29 is 9.53 Å². The molecule has 0 bridgehead atoms. The average molecular weight is 482 g/mol. The summed E-state index contributed by atoms with van der Waals surface area (Å²) in [5.41, 5.74) is 2.86. The van der Waals surface area contributed by atoms with Gasteiger partial charge >= 0.3 is 0 Å². The van der Waals surface area contributed by atoms with Gasteiger partial charge in [0.05, 0.1) is 7.11 Å². The molecule has 27 heavy (non-hydrogen) atoms. The van der Waals surface area contributed by atoms with E-state index in [4.69, 9.17) is 4.74 Å². The molecule has 0 fully saturated rings. The lowest BCUT2D eigenvalue weighted by atomic mass is 10.1. The van der Waals surface area contributed by atoms with Crippen molar-refractivity contribution in [2.75, 3.05) is 27.2 Å². The topological polar surface area (TPSA) is 74.8 Å². The minimum atomic E-state index is -0.0836. The van der Waals surface area contributed by atoms with E-state index in [2.05, 4.69) is 27.0 Å². The van der Waals surface area contributed by atoms with Gasteiger partial charge in [-0.1, -0.05) is 30.3 Å². The van der Waals surface area contributed by atoms with Crippen LogP contribution >= 0.6 is 24.0 Å². The van der Waals surface area contributed by atoms with Gasteiger partial charge in [-0.2, -0.15) is 0 Å². The molecule has 0 atom stereocenters. The van der Waals surface area contributed by atoms with E-state index in [1.54, 1.807) is 26.3 Å². The number of methoxy groups -OCH3 is 1. The number of nitrogens with one attached hydrogen (secondary N) is 3. The first-order valence-corrected chi connectivity index (χ1v) is 8.55. The molecule has 0 aliphatic carbocycles. The fourth-order valence-electron chi connectivity index (χ4n) is 2.45. The van der Waals surface area contributed by atoms with Gasteiger partial charge in [0, 0.05) is 37.8 Å². The molecule has 3 N–H and O–H groups in total. The molecular formula is C20H27IN4O2. The highest BCUT2D eigenvalue weighted by Gasteiger charge is 2.06. The van der Waals surface area contributed by atoms with Crippen molar-refractivity contribution in [3.05, 3.63) is 65.2 Å². The van der Waals surface area contributed by atoms with E-state index in [0.29, 0.717) is 31.2 Å². The Morgan fingerprint density at radius 3 is 2.41 bits per heavy atom. The van der Waals surface area contributed by atoms with Crippen molar-refractivity contribution in [1.82, 2.24) is 16.0 Å². The van der Waals surface area contributed by atoms with E-state index in [9.17, 15) is 4.79 Å². The molecule has 0 saturated heterocycles. The van der Waals surface area contributed by atoms with Crippen LogP contribution in [-0.4, -0.2) is 39.1 Å². The van der Waals surface area contributed by atoms with Crippen molar-refractivity contribution in [3.8, 4) is 5.75 Å². The fraction of sp³-hybridized carbons (Fsp3) is 0.300. The van der Waals surface area contributed by atoms with Gasteiger partial charge in [-0.25, -0.2) is 0 Å². The number of carbonyl (C=O) groups excluding carboxylic acids is 1. The molecule has 0 aliphatic heterocycles. The largest absolute Gasteiger partial charge is 0.496 e. The number of guanidine groups is 1. The number of nitrogens with zero attached hydrogens (tertiary/aromatic N) is 1. The molecule has 0 aromatic heterocycles. The van der Waals surface area contributed by atoms with Crippen LogP contribution in [0, 0.1) is 6.92 Å². The quantitative estimate of drug-likeness (QED) is 0.246. The summed E-state index contributed by atoms with van der Waals surface area (Å²) in [6.45, 7) is 3.70. The van der Waals surface area contributed by atoms with Crippen LogP contribution in [0.4, 0.5) is 0 Å². The first-order valence-electron chi connectivity index (χ1n) is 8.55. The minimum Gasteiger partial charge on any atom is -0.496 e. The lowest BCUT2D eigenvalue weighted by Crippen LogP contribution is -2.41. The molecule has 146 valence electrons. The fourth-order valence-corrected chi connectivity index (χ4v) is 2.45. The predicted octanol–water partition coefficient (Wildman–Crippen LogP) is 2.72. The summed E-state index contributed by atoms with van der Waals surface area (Å²) in [7, 11) is 3.38. The second-order valence-electron chi connectivity index (χ2n) is 5.79. The summed E-state index contributed by atoms with van der Waals surface area (Å²) in [5.74, 6) is 1.43. The highest BCUT2D eigenvalue weighted by molar-refractivity contribution is 14.0. The van der Waals surface area contributed by atoms with Crippen molar-refractivity contribution in [3.63, 3.8) is 0 Å². The van der Waals surface area contributed by atoms with E-state index < -0.39 is 0 Å². The number of rotatable bonds is 7. The summed E-state index contributed by atoms with van der Waals surface area (Å²) in [6, 6.07) is 15.2. The Bertz CT molecular complexity index is 751. The van der Waals surface area contributed by atoms with Crippen LogP contribution in [-0.2, 0) is 6.54 Å². The van der Waals surface area contributed by atoms with Gasteiger partial charge in [0.2, 0.25) is 0 Å². The van der Waals surface area contributed by atoms with Crippen LogP contribution in [0.3, 0.4) is 0 Å². The van der Waals surface area contributed by atoms with Crippen LogP contribution in [0.2, 0.25) is 0 Å². The molecular weight excluding hydrogens is 455 g/mol. The standard InChI is InChI=1S/C20H26N4O2.HI/c1-15-9-10-17(18(13-15)26-3)14-24-20(21-2)23-12-11-22-19(25)16-7-5-4-6-8-16;/h4-10,13H,11-12,14H2,1-3H3,(H,22,25)(H2,21,23,24);1H. The molecule has 7 heteroatoms. The summed E-state index contributed by atoms with van der Waals surface area (Å²) in [4.78, 5) is 16.2. The summed E-state index contributed by atoms with van der Waals surface area (Å²) in [5, 5.41) is 9.30. The molecule has 0 saturated carbocycles.